The Balaban J connectivity index is 1.68. The summed E-state index contributed by atoms with van der Waals surface area (Å²) in [7, 11) is 0. The molecule has 0 unspecified atom stereocenters. The van der Waals surface area contributed by atoms with E-state index in [0.717, 1.165) is 33.2 Å². The van der Waals surface area contributed by atoms with Crippen LogP contribution in [0.15, 0.2) is 75.9 Å². The first kappa shape index (κ1) is 17.2. The van der Waals surface area contributed by atoms with Crippen molar-refractivity contribution in [2.75, 3.05) is 0 Å². The van der Waals surface area contributed by atoms with Crippen LogP contribution < -0.4 is 4.74 Å². The number of hydrogen-bond acceptors (Lipinski definition) is 4. The second-order valence-corrected chi connectivity index (χ2v) is 7.95. The highest BCUT2D eigenvalue weighted by Gasteiger charge is 2.23. The molecule has 0 aliphatic carbocycles. The number of nitrogens with zero attached hydrogens (tertiary/aromatic N) is 1. The number of thiophene rings is 1. The van der Waals surface area contributed by atoms with Gasteiger partial charge in [0.1, 0.15) is 5.75 Å². The summed E-state index contributed by atoms with van der Waals surface area (Å²) < 4.78 is 29.2. The van der Waals surface area contributed by atoms with Crippen LogP contribution in [0.4, 0.5) is 14.5 Å². The molecule has 3 aromatic rings. The van der Waals surface area contributed by atoms with Crippen LogP contribution in [0.3, 0.4) is 0 Å². The standard InChI is InChI=1S/C20H15F2NOS2/c21-20(22)24-14-9-7-13(8-10-14)19-12-16(17-6-3-11-25-17)23-15-4-1-2-5-18(15)26-19/h1-11,19-20H,12H2/t19-/m1/s1. The van der Waals surface area contributed by atoms with Crippen LogP contribution in [-0.2, 0) is 0 Å². The zero-order valence-corrected chi connectivity index (χ0v) is 15.3. The van der Waals surface area contributed by atoms with Crippen LogP contribution in [-0.4, -0.2) is 12.3 Å². The van der Waals surface area contributed by atoms with Gasteiger partial charge in [0.05, 0.1) is 11.4 Å². The molecule has 2 heterocycles. The molecule has 0 N–H and O–H groups in total. The third kappa shape index (κ3) is 3.81. The van der Waals surface area contributed by atoms with Crippen molar-refractivity contribution >= 4 is 34.5 Å². The molecule has 0 bridgehead atoms. The van der Waals surface area contributed by atoms with Crippen molar-refractivity contribution in [1.82, 2.24) is 0 Å². The molecule has 1 aromatic heterocycles. The molecule has 1 aliphatic heterocycles. The summed E-state index contributed by atoms with van der Waals surface area (Å²) in [4.78, 5) is 7.18. The fourth-order valence-electron chi connectivity index (χ4n) is 2.86. The summed E-state index contributed by atoms with van der Waals surface area (Å²) in [5.41, 5.74) is 3.09. The quantitative estimate of drug-likeness (QED) is 0.496. The van der Waals surface area contributed by atoms with E-state index in [1.165, 1.54) is 0 Å². The fourth-order valence-corrected chi connectivity index (χ4v) is 4.82. The zero-order valence-electron chi connectivity index (χ0n) is 13.6. The molecule has 26 heavy (non-hydrogen) atoms. The van der Waals surface area contributed by atoms with E-state index in [1.54, 1.807) is 35.2 Å². The van der Waals surface area contributed by atoms with Crippen molar-refractivity contribution in [3.63, 3.8) is 0 Å². The van der Waals surface area contributed by atoms with Gasteiger partial charge in [-0.15, -0.1) is 23.1 Å². The van der Waals surface area contributed by atoms with Crippen LogP contribution in [0, 0.1) is 0 Å². The number of halogens is 2. The molecule has 2 nitrogen and oxygen atoms in total. The van der Waals surface area contributed by atoms with Crippen LogP contribution in [0.5, 0.6) is 5.75 Å². The summed E-state index contributed by atoms with van der Waals surface area (Å²) >= 11 is 3.43. The van der Waals surface area contributed by atoms with Crippen molar-refractivity contribution in [3.8, 4) is 5.75 Å². The summed E-state index contributed by atoms with van der Waals surface area (Å²) in [5.74, 6) is 0.176. The molecule has 0 radical (unpaired) electrons. The van der Waals surface area contributed by atoms with Gasteiger partial charge in [-0.3, -0.25) is 4.99 Å². The Morgan fingerprint density at radius 2 is 1.81 bits per heavy atom. The van der Waals surface area contributed by atoms with E-state index >= 15 is 0 Å². The van der Waals surface area contributed by atoms with Gasteiger partial charge < -0.3 is 4.74 Å². The molecule has 1 aliphatic rings. The highest BCUT2D eigenvalue weighted by Crippen LogP contribution is 2.46. The third-order valence-electron chi connectivity index (χ3n) is 4.05. The third-order valence-corrected chi connectivity index (χ3v) is 6.29. The number of benzene rings is 2. The van der Waals surface area contributed by atoms with Gasteiger partial charge in [0.2, 0.25) is 0 Å². The van der Waals surface area contributed by atoms with Crippen molar-refractivity contribution in [2.24, 2.45) is 4.99 Å². The fraction of sp³-hybridized carbons (Fsp3) is 0.150. The highest BCUT2D eigenvalue weighted by molar-refractivity contribution is 7.99. The first-order valence-electron chi connectivity index (χ1n) is 8.11. The molecular formula is C20H15F2NOS2. The summed E-state index contributed by atoms with van der Waals surface area (Å²) in [6.45, 7) is -2.81. The highest BCUT2D eigenvalue weighted by atomic mass is 32.2. The van der Waals surface area contributed by atoms with E-state index in [1.807, 2.05) is 41.8 Å². The van der Waals surface area contributed by atoms with E-state index in [0.29, 0.717) is 0 Å². The van der Waals surface area contributed by atoms with E-state index in [4.69, 9.17) is 4.99 Å². The van der Waals surface area contributed by atoms with Crippen molar-refractivity contribution in [1.29, 1.82) is 0 Å². The predicted molar refractivity (Wildman–Crippen MR) is 103 cm³/mol. The number of hydrogen-bond donors (Lipinski definition) is 0. The van der Waals surface area contributed by atoms with Gasteiger partial charge in [0.25, 0.3) is 0 Å². The normalized spacial score (nSPS) is 16.7. The van der Waals surface area contributed by atoms with Crippen molar-refractivity contribution in [2.45, 2.75) is 23.2 Å². The lowest BCUT2D eigenvalue weighted by Crippen LogP contribution is -2.04. The molecule has 6 heteroatoms. The number of fused-ring (bicyclic) bond motifs is 1. The molecule has 4 rings (SSSR count). The lowest BCUT2D eigenvalue weighted by atomic mass is 10.1. The second-order valence-electron chi connectivity index (χ2n) is 5.76. The molecule has 132 valence electrons. The minimum absolute atomic E-state index is 0.153. The summed E-state index contributed by atoms with van der Waals surface area (Å²) in [6.07, 6.45) is 0.773. The number of alkyl halides is 2. The van der Waals surface area contributed by atoms with Gasteiger partial charge >= 0.3 is 6.61 Å². The van der Waals surface area contributed by atoms with Crippen LogP contribution in [0.25, 0.3) is 0 Å². The maximum absolute atomic E-state index is 12.4. The maximum Gasteiger partial charge on any atom is 0.387 e. The molecular weight excluding hydrogens is 372 g/mol. The monoisotopic (exact) mass is 387 g/mol. The average molecular weight is 387 g/mol. The Morgan fingerprint density at radius 1 is 1.00 bits per heavy atom. The number of aliphatic imine (C=N–C) groups is 1. The second kappa shape index (κ2) is 7.60. The number of thioether (sulfide) groups is 1. The van der Waals surface area contributed by atoms with Crippen LogP contribution >= 0.6 is 23.1 Å². The smallest absolute Gasteiger partial charge is 0.387 e. The molecule has 0 fully saturated rings. The van der Waals surface area contributed by atoms with Gasteiger partial charge in [0.15, 0.2) is 0 Å². The van der Waals surface area contributed by atoms with Gasteiger partial charge in [0, 0.05) is 21.4 Å². The van der Waals surface area contributed by atoms with Gasteiger partial charge in [-0.25, -0.2) is 0 Å². The lowest BCUT2D eigenvalue weighted by Gasteiger charge is -2.16. The molecule has 2 aromatic carbocycles. The molecule has 0 spiro atoms. The predicted octanol–water partition coefficient (Wildman–Crippen LogP) is 6.71. The number of para-hydroxylation sites is 1. The molecule has 1 atom stereocenters. The Bertz CT molecular complexity index is 908. The summed E-state index contributed by atoms with van der Waals surface area (Å²) in [6, 6.07) is 19.1. The Hall–Kier alpha value is -2.18. The first-order chi connectivity index (χ1) is 12.7. The SMILES string of the molecule is FC(F)Oc1ccc([C@H]2CC(c3cccs3)=Nc3ccccc3S2)cc1. The van der Waals surface area contributed by atoms with Gasteiger partial charge in [-0.1, -0.05) is 30.3 Å². The zero-order chi connectivity index (χ0) is 17.9. The van der Waals surface area contributed by atoms with E-state index in [2.05, 4.69) is 16.9 Å². The molecule has 0 saturated heterocycles. The number of ether oxygens (including phenoxy) is 1. The Morgan fingerprint density at radius 3 is 2.54 bits per heavy atom. The maximum atomic E-state index is 12.4. The average Bonchev–Trinajstić information content (AvgIpc) is 3.09. The van der Waals surface area contributed by atoms with E-state index in [-0.39, 0.29) is 11.0 Å². The largest absolute Gasteiger partial charge is 0.435 e. The van der Waals surface area contributed by atoms with E-state index < -0.39 is 6.61 Å². The van der Waals surface area contributed by atoms with Crippen molar-refractivity contribution in [3.05, 3.63) is 76.5 Å². The summed E-state index contributed by atoms with van der Waals surface area (Å²) in [5, 5.41) is 2.20. The molecule has 0 amide bonds. The first-order valence-corrected chi connectivity index (χ1v) is 9.87. The van der Waals surface area contributed by atoms with Gasteiger partial charge in [-0.05, 0) is 41.3 Å². The van der Waals surface area contributed by atoms with Crippen molar-refractivity contribution < 1.29 is 13.5 Å². The van der Waals surface area contributed by atoms with Gasteiger partial charge in [-0.2, -0.15) is 8.78 Å². The topological polar surface area (TPSA) is 21.6 Å². The minimum atomic E-state index is -2.81. The van der Waals surface area contributed by atoms with Crippen LogP contribution in [0.1, 0.15) is 22.1 Å². The molecule has 0 saturated carbocycles. The van der Waals surface area contributed by atoms with E-state index in [9.17, 15) is 8.78 Å². The Kier molecular flexibility index (Phi) is 5.04. The number of rotatable bonds is 4. The minimum Gasteiger partial charge on any atom is -0.435 e. The lowest BCUT2D eigenvalue weighted by molar-refractivity contribution is -0.0498. The Labute approximate surface area is 158 Å². The van der Waals surface area contributed by atoms with Crippen LogP contribution in [0.2, 0.25) is 0 Å².